The van der Waals surface area contributed by atoms with Crippen molar-refractivity contribution in [3.8, 4) is 89.8 Å². The monoisotopic (exact) mass is 796 g/mol. The van der Waals surface area contributed by atoms with Gasteiger partial charge in [-0.05, 0) is 110 Å². The van der Waals surface area contributed by atoms with E-state index in [0.29, 0.717) is 5.82 Å². The molecule has 0 atom stereocenters. The first kappa shape index (κ1) is 36.3. The molecule has 9 aromatic carbocycles. The minimum atomic E-state index is 0.678. The van der Waals surface area contributed by atoms with Crippen LogP contribution in [0.5, 0.6) is 0 Å². The molecule has 0 fully saturated rings. The Labute approximate surface area is 359 Å². The fourth-order valence-electron chi connectivity index (χ4n) is 8.37. The topological polar surface area (TPSA) is 39.9 Å². The van der Waals surface area contributed by atoms with Gasteiger partial charge in [0.15, 0.2) is 0 Å². The van der Waals surface area contributed by atoms with Gasteiger partial charge in [-0.1, -0.05) is 180 Å². The highest BCUT2D eigenvalue weighted by atomic mass is 32.1. The Kier molecular flexibility index (Phi) is 9.38. The molecule has 61 heavy (non-hydrogen) atoms. The second kappa shape index (κ2) is 15.8. The average molecular weight is 797 g/mol. The average Bonchev–Trinajstić information content (AvgIpc) is 3.73. The number of aromatic amines is 1. The van der Waals surface area contributed by atoms with E-state index < -0.39 is 0 Å². The van der Waals surface area contributed by atoms with Crippen LogP contribution in [0.1, 0.15) is 0 Å². The van der Waals surface area contributed by atoms with Crippen LogP contribution in [0.3, 0.4) is 0 Å². The van der Waals surface area contributed by atoms with Gasteiger partial charge in [0, 0.05) is 20.2 Å². The van der Waals surface area contributed by atoms with Gasteiger partial charge in [-0.3, -0.25) is 0 Å². The smallest absolute Gasteiger partial charge is 0.240 e. The van der Waals surface area contributed by atoms with E-state index >= 15 is 0 Å². The highest BCUT2D eigenvalue weighted by Crippen LogP contribution is 2.42. The van der Waals surface area contributed by atoms with E-state index in [1.165, 1.54) is 64.7 Å². The lowest BCUT2D eigenvalue weighted by molar-refractivity contribution is -0.359. The minimum Gasteiger partial charge on any atom is -0.240 e. The Morgan fingerprint density at radius 2 is 0.787 bits per heavy atom. The van der Waals surface area contributed by atoms with Crippen LogP contribution in [-0.2, 0) is 0 Å². The predicted molar refractivity (Wildman–Crippen MR) is 255 cm³/mol. The van der Waals surface area contributed by atoms with Crippen molar-refractivity contribution in [1.29, 1.82) is 0 Å². The number of hydrogen-bond donors (Lipinski definition) is 0. The molecule has 286 valence electrons. The molecule has 1 N–H and O–H groups in total. The predicted octanol–water partition coefficient (Wildman–Crippen LogP) is 15.0. The zero-order chi connectivity index (χ0) is 40.5. The molecule has 0 aliphatic carbocycles. The molecule has 0 saturated heterocycles. The Balaban J connectivity index is 0.990. The lowest BCUT2D eigenvalue weighted by Crippen LogP contribution is -2.17. The van der Waals surface area contributed by atoms with E-state index in [9.17, 15) is 0 Å². The summed E-state index contributed by atoms with van der Waals surface area (Å²) in [6.07, 6.45) is 0. The number of aromatic nitrogens is 3. The summed E-state index contributed by atoms with van der Waals surface area (Å²) in [5.41, 5.74) is 14.9. The molecule has 0 saturated carbocycles. The summed E-state index contributed by atoms with van der Waals surface area (Å²) < 4.78 is 2.46. The molecule has 0 aliphatic rings. The SMILES string of the molecule is c1ccc(-c2cccc(-c3nc(-c4ccccc4)nc(-c4cccc5sc6ccc(-c7ccc(-c8ccc(-c9ccccc9)c(-c9ccccc9)c8)cc7)cc6c45)[nH+]3)c2)cc1. The van der Waals surface area contributed by atoms with Gasteiger partial charge in [-0.15, -0.1) is 11.3 Å². The second-order valence-corrected chi connectivity index (χ2v) is 16.3. The maximum Gasteiger partial charge on any atom is 0.308 e. The normalized spacial score (nSPS) is 11.3. The largest absolute Gasteiger partial charge is 0.308 e. The first-order valence-electron chi connectivity index (χ1n) is 20.6. The van der Waals surface area contributed by atoms with Crippen LogP contribution in [-0.4, -0.2) is 9.97 Å². The number of rotatable bonds is 8. The summed E-state index contributed by atoms with van der Waals surface area (Å²) in [6, 6.07) is 79.8. The van der Waals surface area contributed by atoms with Crippen LogP contribution in [0.4, 0.5) is 0 Å². The summed E-state index contributed by atoms with van der Waals surface area (Å²) in [5.74, 6) is 2.23. The molecule has 3 nitrogen and oxygen atoms in total. The Morgan fingerprint density at radius 1 is 0.295 bits per heavy atom. The maximum absolute atomic E-state index is 5.22. The van der Waals surface area contributed by atoms with Gasteiger partial charge in [0.1, 0.15) is 0 Å². The number of thiophene rings is 1. The van der Waals surface area contributed by atoms with E-state index in [4.69, 9.17) is 9.97 Å². The Bertz CT molecular complexity index is 3320. The fourth-order valence-corrected chi connectivity index (χ4v) is 9.48. The number of nitrogens with one attached hydrogen (secondary N) is 1. The van der Waals surface area contributed by atoms with Crippen molar-refractivity contribution >= 4 is 31.5 Å². The maximum atomic E-state index is 5.22. The Hall–Kier alpha value is -7.79. The molecule has 11 aromatic rings. The van der Waals surface area contributed by atoms with Crippen molar-refractivity contribution in [2.45, 2.75) is 0 Å². The lowest BCUT2D eigenvalue weighted by atomic mass is 9.90. The van der Waals surface area contributed by atoms with Crippen LogP contribution in [0.15, 0.2) is 224 Å². The van der Waals surface area contributed by atoms with E-state index in [-0.39, 0.29) is 0 Å². The quantitative estimate of drug-likeness (QED) is 0.154. The van der Waals surface area contributed by atoms with Crippen molar-refractivity contribution in [3.05, 3.63) is 224 Å². The van der Waals surface area contributed by atoms with Crippen LogP contribution in [0, 0.1) is 0 Å². The molecule has 0 radical (unpaired) electrons. The molecule has 11 rings (SSSR count). The van der Waals surface area contributed by atoms with Crippen molar-refractivity contribution in [2.24, 2.45) is 0 Å². The summed E-state index contributed by atoms with van der Waals surface area (Å²) in [4.78, 5) is 14.0. The van der Waals surface area contributed by atoms with Gasteiger partial charge >= 0.3 is 5.82 Å². The first-order valence-corrected chi connectivity index (χ1v) is 21.4. The molecular formula is C57H38N3S+. The minimum absolute atomic E-state index is 0.678. The van der Waals surface area contributed by atoms with E-state index in [1.54, 1.807) is 0 Å². The van der Waals surface area contributed by atoms with E-state index in [2.05, 4.69) is 205 Å². The fraction of sp³-hybridized carbons (Fsp3) is 0. The summed E-state index contributed by atoms with van der Waals surface area (Å²) in [5, 5.41) is 2.40. The highest BCUT2D eigenvalue weighted by molar-refractivity contribution is 7.26. The third-order valence-corrected chi connectivity index (χ3v) is 12.6. The highest BCUT2D eigenvalue weighted by Gasteiger charge is 2.23. The number of hydrogen-bond acceptors (Lipinski definition) is 3. The number of benzene rings is 9. The Morgan fingerprint density at radius 3 is 1.48 bits per heavy atom. The molecule has 0 amide bonds. The molecule has 0 bridgehead atoms. The van der Waals surface area contributed by atoms with Crippen molar-refractivity contribution < 1.29 is 4.98 Å². The second-order valence-electron chi connectivity index (χ2n) is 15.2. The molecule has 0 aliphatic heterocycles. The number of H-pyrrole nitrogens is 1. The molecular weight excluding hydrogens is 759 g/mol. The number of nitrogens with zero attached hydrogens (tertiary/aromatic N) is 2. The standard InChI is InChI=1S/C57H37N3S/c1-5-15-38(16-6-1)44-23-13-24-47(35-44)56-58-55(43-21-11-4-12-22-43)59-57(60-56)49-25-14-26-53-54(49)51-37-46(32-34-52(51)61-53)40-29-27-39(28-30-40)45-31-33-48(41-17-7-2-8-18-41)50(36-45)42-19-9-3-10-20-42/h1-37H/p+1. The summed E-state index contributed by atoms with van der Waals surface area (Å²) in [7, 11) is 0. The zero-order valence-electron chi connectivity index (χ0n) is 33.2. The van der Waals surface area contributed by atoms with Gasteiger partial charge in [0.05, 0.1) is 16.7 Å². The van der Waals surface area contributed by atoms with Crippen molar-refractivity contribution in [1.82, 2.24) is 9.97 Å². The molecule has 2 aromatic heterocycles. The van der Waals surface area contributed by atoms with Crippen molar-refractivity contribution in [3.63, 3.8) is 0 Å². The van der Waals surface area contributed by atoms with Gasteiger partial charge < -0.3 is 0 Å². The van der Waals surface area contributed by atoms with Crippen LogP contribution < -0.4 is 4.98 Å². The third kappa shape index (κ3) is 7.09. The van der Waals surface area contributed by atoms with E-state index in [1.807, 2.05) is 35.6 Å². The first-order chi connectivity index (χ1) is 30.2. The summed E-state index contributed by atoms with van der Waals surface area (Å²) >= 11 is 1.82. The molecule has 2 heterocycles. The van der Waals surface area contributed by atoms with E-state index in [0.717, 1.165) is 39.5 Å². The van der Waals surface area contributed by atoms with Crippen LogP contribution in [0.2, 0.25) is 0 Å². The lowest BCUT2D eigenvalue weighted by Gasteiger charge is -2.13. The van der Waals surface area contributed by atoms with Gasteiger partial charge in [-0.25, -0.2) is 4.98 Å². The van der Waals surface area contributed by atoms with Crippen LogP contribution >= 0.6 is 11.3 Å². The third-order valence-electron chi connectivity index (χ3n) is 11.4. The number of fused-ring (bicyclic) bond motifs is 3. The van der Waals surface area contributed by atoms with Gasteiger partial charge in [-0.2, -0.15) is 0 Å². The zero-order valence-corrected chi connectivity index (χ0v) is 34.0. The van der Waals surface area contributed by atoms with Gasteiger partial charge in [0.2, 0.25) is 0 Å². The molecule has 0 spiro atoms. The van der Waals surface area contributed by atoms with Crippen molar-refractivity contribution in [2.75, 3.05) is 0 Å². The summed E-state index contributed by atoms with van der Waals surface area (Å²) in [6.45, 7) is 0. The van der Waals surface area contributed by atoms with Gasteiger partial charge in [0.25, 0.3) is 11.6 Å². The molecule has 4 heteroatoms. The molecule has 0 unspecified atom stereocenters. The van der Waals surface area contributed by atoms with Crippen LogP contribution in [0.25, 0.3) is 110 Å².